The Labute approximate surface area is 136 Å². The molecule has 0 bridgehead atoms. The number of carbonyl (C=O) groups excluding carboxylic acids is 2. The molecule has 120 valence electrons. The highest BCUT2D eigenvalue weighted by atomic mass is 35.5. The summed E-state index contributed by atoms with van der Waals surface area (Å²) >= 11 is 6.30. The van der Waals surface area contributed by atoms with Crippen molar-refractivity contribution >= 4 is 23.4 Å². The first-order valence-corrected chi connectivity index (χ1v) is 8.17. The van der Waals surface area contributed by atoms with Crippen LogP contribution in [0.3, 0.4) is 0 Å². The quantitative estimate of drug-likeness (QED) is 0.817. The Morgan fingerprint density at radius 3 is 2.82 bits per heavy atom. The molecule has 22 heavy (non-hydrogen) atoms. The Bertz CT molecular complexity index is 546. The molecule has 0 aromatic heterocycles. The van der Waals surface area contributed by atoms with E-state index in [0.29, 0.717) is 24.5 Å². The molecule has 5 heteroatoms. The number of carbonyl (C=O) groups is 2. The lowest BCUT2D eigenvalue weighted by atomic mass is 9.75. The van der Waals surface area contributed by atoms with Crippen LogP contribution in [0.4, 0.5) is 0 Å². The molecule has 4 nitrogen and oxygen atoms in total. The molecular weight excluding hydrogens is 302 g/mol. The first-order chi connectivity index (χ1) is 10.6. The van der Waals surface area contributed by atoms with Gasteiger partial charge in [-0.05, 0) is 30.9 Å². The molecule has 0 saturated heterocycles. The average molecular weight is 324 g/mol. The summed E-state index contributed by atoms with van der Waals surface area (Å²) in [4.78, 5) is 24.4. The van der Waals surface area contributed by atoms with Crippen LogP contribution in [0.1, 0.15) is 44.6 Å². The van der Waals surface area contributed by atoms with Crippen LogP contribution >= 0.6 is 11.6 Å². The molecule has 1 atom stereocenters. The van der Waals surface area contributed by atoms with Gasteiger partial charge in [0.15, 0.2) is 5.78 Å². The normalized spacial score (nSPS) is 21.6. The zero-order valence-corrected chi connectivity index (χ0v) is 13.6. The maximum atomic E-state index is 12.6. The molecule has 1 aromatic carbocycles. The molecule has 1 aliphatic carbocycles. The van der Waals surface area contributed by atoms with Gasteiger partial charge in [-0.25, -0.2) is 0 Å². The van der Waals surface area contributed by atoms with Crippen molar-refractivity contribution in [3.63, 3.8) is 0 Å². The maximum absolute atomic E-state index is 12.6. The Morgan fingerprint density at radius 1 is 1.36 bits per heavy atom. The molecule has 1 fully saturated rings. The largest absolute Gasteiger partial charge is 0.465 e. The molecule has 0 aliphatic heterocycles. The lowest BCUT2D eigenvalue weighted by molar-refractivity contribution is -0.143. The smallest absolute Gasteiger partial charge is 0.319 e. The van der Waals surface area contributed by atoms with Crippen molar-refractivity contribution in [1.29, 1.82) is 0 Å². The number of esters is 1. The lowest BCUT2D eigenvalue weighted by Gasteiger charge is -2.37. The molecule has 1 unspecified atom stereocenters. The van der Waals surface area contributed by atoms with Crippen LogP contribution in [-0.4, -0.2) is 24.9 Å². The Morgan fingerprint density at radius 2 is 2.14 bits per heavy atom. The fourth-order valence-corrected chi connectivity index (χ4v) is 3.19. The topological polar surface area (TPSA) is 55.4 Å². The van der Waals surface area contributed by atoms with E-state index in [1.807, 2.05) is 25.1 Å². The third-order valence-corrected chi connectivity index (χ3v) is 4.35. The number of benzene rings is 1. The van der Waals surface area contributed by atoms with Gasteiger partial charge in [0.2, 0.25) is 0 Å². The fourth-order valence-electron chi connectivity index (χ4n) is 2.89. The predicted molar refractivity (Wildman–Crippen MR) is 85.9 cm³/mol. The van der Waals surface area contributed by atoms with Crippen LogP contribution in [0.2, 0.25) is 5.02 Å². The molecule has 1 N–H and O–H groups in total. The molecule has 0 spiro atoms. The molecule has 1 aromatic rings. The minimum Gasteiger partial charge on any atom is -0.465 e. The van der Waals surface area contributed by atoms with Gasteiger partial charge in [0, 0.05) is 11.4 Å². The Kier molecular flexibility index (Phi) is 5.98. The zero-order valence-electron chi connectivity index (χ0n) is 12.9. The minimum atomic E-state index is -0.873. The van der Waals surface area contributed by atoms with Crippen molar-refractivity contribution in [2.24, 2.45) is 0 Å². The summed E-state index contributed by atoms with van der Waals surface area (Å²) in [5, 5.41) is 3.69. The number of hydrogen-bond acceptors (Lipinski definition) is 4. The standard InChI is InChI=1S/C17H22ClNO3/c1-2-11-22-16(21)12-19-17(10-6-5-9-15(17)20)13-7-3-4-8-14(13)18/h3-4,7-8,19H,2,5-6,9-12H2,1H3. The minimum absolute atomic E-state index is 0.0109. The van der Waals surface area contributed by atoms with E-state index in [1.165, 1.54) is 0 Å². The van der Waals surface area contributed by atoms with Crippen LogP contribution < -0.4 is 5.32 Å². The number of nitrogens with one attached hydrogen (secondary N) is 1. The van der Waals surface area contributed by atoms with E-state index in [9.17, 15) is 9.59 Å². The highest BCUT2D eigenvalue weighted by Gasteiger charge is 2.42. The van der Waals surface area contributed by atoms with Gasteiger partial charge in [0.25, 0.3) is 0 Å². The SMILES string of the molecule is CCCOC(=O)CNC1(c2ccccc2Cl)CCCCC1=O. The van der Waals surface area contributed by atoms with E-state index in [0.717, 1.165) is 24.8 Å². The van der Waals surface area contributed by atoms with Crippen molar-refractivity contribution < 1.29 is 14.3 Å². The van der Waals surface area contributed by atoms with Crippen molar-refractivity contribution in [3.05, 3.63) is 34.9 Å². The van der Waals surface area contributed by atoms with Crippen molar-refractivity contribution in [2.75, 3.05) is 13.2 Å². The summed E-state index contributed by atoms with van der Waals surface area (Å²) in [6.45, 7) is 2.35. The zero-order chi connectivity index (χ0) is 16.0. The van der Waals surface area contributed by atoms with Crippen molar-refractivity contribution in [1.82, 2.24) is 5.32 Å². The average Bonchev–Trinajstić information content (AvgIpc) is 2.53. The summed E-state index contributed by atoms with van der Waals surface area (Å²) in [6, 6.07) is 7.33. The van der Waals surface area contributed by atoms with Crippen LogP contribution in [0.15, 0.2) is 24.3 Å². The highest BCUT2D eigenvalue weighted by Crippen LogP contribution is 2.37. The predicted octanol–water partition coefficient (Wildman–Crippen LogP) is 3.22. The van der Waals surface area contributed by atoms with Gasteiger partial charge in [-0.3, -0.25) is 14.9 Å². The highest BCUT2D eigenvalue weighted by molar-refractivity contribution is 6.31. The Hall–Kier alpha value is -1.39. The number of hydrogen-bond donors (Lipinski definition) is 1. The lowest BCUT2D eigenvalue weighted by Crippen LogP contribution is -2.52. The summed E-state index contributed by atoms with van der Waals surface area (Å²) < 4.78 is 5.08. The van der Waals surface area contributed by atoms with Crippen molar-refractivity contribution in [2.45, 2.75) is 44.6 Å². The summed E-state index contributed by atoms with van der Waals surface area (Å²) in [6.07, 6.45) is 3.74. The van der Waals surface area contributed by atoms with Gasteiger partial charge in [0.1, 0.15) is 5.54 Å². The molecule has 0 radical (unpaired) electrons. The molecule has 1 saturated carbocycles. The van der Waals surface area contributed by atoms with E-state index in [1.54, 1.807) is 6.07 Å². The van der Waals surface area contributed by atoms with Gasteiger partial charge >= 0.3 is 5.97 Å². The number of ketones is 1. The second-order valence-electron chi connectivity index (χ2n) is 5.59. The number of rotatable bonds is 6. The number of ether oxygens (including phenoxy) is 1. The molecule has 1 aliphatic rings. The summed E-state index contributed by atoms with van der Waals surface area (Å²) in [7, 11) is 0. The van der Waals surface area contributed by atoms with Crippen LogP contribution in [0.5, 0.6) is 0 Å². The fraction of sp³-hybridized carbons (Fsp3) is 0.529. The first kappa shape index (κ1) is 17.0. The van der Waals surface area contributed by atoms with Gasteiger partial charge in [-0.2, -0.15) is 0 Å². The third kappa shape index (κ3) is 3.68. The first-order valence-electron chi connectivity index (χ1n) is 7.79. The van der Waals surface area contributed by atoms with Crippen LogP contribution in [-0.2, 0) is 19.9 Å². The van der Waals surface area contributed by atoms with E-state index >= 15 is 0 Å². The number of Topliss-reactive ketones (excluding diaryl/α,β-unsaturated/α-hetero) is 1. The number of halogens is 1. The molecule has 0 heterocycles. The molecule has 2 rings (SSSR count). The monoisotopic (exact) mass is 323 g/mol. The summed E-state index contributed by atoms with van der Waals surface area (Å²) in [5.41, 5.74) is -0.119. The van der Waals surface area contributed by atoms with Crippen LogP contribution in [0.25, 0.3) is 0 Å². The van der Waals surface area contributed by atoms with Crippen LogP contribution in [0, 0.1) is 0 Å². The second-order valence-corrected chi connectivity index (χ2v) is 6.00. The van der Waals surface area contributed by atoms with E-state index in [4.69, 9.17) is 16.3 Å². The molecular formula is C17H22ClNO3. The van der Waals surface area contributed by atoms with E-state index in [2.05, 4.69) is 5.32 Å². The maximum Gasteiger partial charge on any atom is 0.319 e. The van der Waals surface area contributed by atoms with E-state index in [-0.39, 0.29) is 18.3 Å². The van der Waals surface area contributed by atoms with Gasteiger partial charge < -0.3 is 4.74 Å². The second kappa shape index (κ2) is 7.75. The Balaban J connectivity index is 2.22. The summed E-state index contributed by atoms with van der Waals surface area (Å²) in [5.74, 6) is -0.248. The van der Waals surface area contributed by atoms with Gasteiger partial charge in [-0.1, -0.05) is 43.1 Å². The molecule has 0 amide bonds. The van der Waals surface area contributed by atoms with E-state index < -0.39 is 5.54 Å². The third-order valence-electron chi connectivity index (χ3n) is 4.02. The van der Waals surface area contributed by atoms with Gasteiger partial charge in [-0.15, -0.1) is 0 Å². The van der Waals surface area contributed by atoms with Gasteiger partial charge in [0.05, 0.1) is 13.2 Å². The van der Waals surface area contributed by atoms with Crippen molar-refractivity contribution in [3.8, 4) is 0 Å².